The standard InChI is InChI=1S/C13H16F3N/c1-12(2,3)17-7-9-4-5-11(13(14,15)16)6-10(9)8-17/h4-6H,7-8H2,1-3H3. The minimum Gasteiger partial charge on any atom is -0.290 e. The van der Waals surface area contributed by atoms with Crippen LogP contribution in [0.1, 0.15) is 37.5 Å². The molecule has 1 aromatic carbocycles. The average molecular weight is 243 g/mol. The lowest BCUT2D eigenvalue weighted by atomic mass is 10.1. The van der Waals surface area contributed by atoms with E-state index in [9.17, 15) is 13.2 Å². The molecule has 2 rings (SSSR count). The van der Waals surface area contributed by atoms with E-state index in [2.05, 4.69) is 25.7 Å². The smallest absolute Gasteiger partial charge is 0.290 e. The normalized spacial score (nSPS) is 17.3. The second-order valence-corrected chi connectivity index (χ2v) is 5.51. The van der Waals surface area contributed by atoms with Crippen LogP contribution in [0.5, 0.6) is 0 Å². The van der Waals surface area contributed by atoms with Gasteiger partial charge in [-0.25, -0.2) is 0 Å². The summed E-state index contributed by atoms with van der Waals surface area (Å²) in [5.41, 5.74) is 1.24. The molecule has 0 unspecified atom stereocenters. The highest BCUT2D eigenvalue weighted by Gasteiger charge is 2.33. The van der Waals surface area contributed by atoms with E-state index in [0.717, 1.165) is 17.7 Å². The van der Waals surface area contributed by atoms with Gasteiger partial charge in [0.2, 0.25) is 0 Å². The Bertz CT molecular complexity index is 429. The molecule has 1 heterocycles. The predicted molar refractivity (Wildman–Crippen MR) is 60.4 cm³/mol. The molecule has 94 valence electrons. The summed E-state index contributed by atoms with van der Waals surface area (Å²) in [6.45, 7) is 7.55. The fourth-order valence-electron chi connectivity index (χ4n) is 2.05. The van der Waals surface area contributed by atoms with Crippen molar-refractivity contribution in [3.8, 4) is 0 Å². The van der Waals surface area contributed by atoms with Gasteiger partial charge in [0.15, 0.2) is 0 Å². The fraction of sp³-hybridized carbons (Fsp3) is 0.538. The number of nitrogens with zero attached hydrogens (tertiary/aromatic N) is 1. The van der Waals surface area contributed by atoms with Gasteiger partial charge in [-0.05, 0) is 44.0 Å². The molecule has 0 saturated heterocycles. The van der Waals surface area contributed by atoms with Crippen molar-refractivity contribution in [2.24, 2.45) is 0 Å². The molecule has 1 aliphatic rings. The molecule has 0 saturated carbocycles. The molecule has 0 amide bonds. The highest BCUT2D eigenvalue weighted by Crippen LogP contribution is 2.34. The average Bonchev–Trinajstić information content (AvgIpc) is 2.57. The Morgan fingerprint density at radius 3 is 2.12 bits per heavy atom. The fourth-order valence-corrected chi connectivity index (χ4v) is 2.05. The third-order valence-electron chi connectivity index (χ3n) is 3.20. The van der Waals surface area contributed by atoms with Crippen LogP contribution in [0.4, 0.5) is 13.2 Å². The maximum absolute atomic E-state index is 12.6. The molecule has 4 heteroatoms. The zero-order chi connectivity index (χ0) is 12.8. The summed E-state index contributed by atoms with van der Waals surface area (Å²) < 4.78 is 37.7. The molecule has 17 heavy (non-hydrogen) atoms. The molecular weight excluding hydrogens is 227 g/mol. The quantitative estimate of drug-likeness (QED) is 0.669. The van der Waals surface area contributed by atoms with Crippen molar-refractivity contribution in [3.63, 3.8) is 0 Å². The van der Waals surface area contributed by atoms with Crippen molar-refractivity contribution in [3.05, 3.63) is 34.9 Å². The van der Waals surface area contributed by atoms with E-state index in [-0.39, 0.29) is 5.54 Å². The number of fused-ring (bicyclic) bond motifs is 1. The van der Waals surface area contributed by atoms with Crippen LogP contribution in [0.25, 0.3) is 0 Å². The third kappa shape index (κ3) is 2.46. The first kappa shape index (κ1) is 12.4. The van der Waals surface area contributed by atoms with Crippen LogP contribution in [-0.4, -0.2) is 10.4 Å². The van der Waals surface area contributed by atoms with Crippen molar-refractivity contribution >= 4 is 0 Å². The summed E-state index contributed by atoms with van der Waals surface area (Å²) in [4.78, 5) is 2.18. The molecule has 0 aromatic heterocycles. The summed E-state index contributed by atoms with van der Waals surface area (Å²) in [6, 6.07) is 4.05. The number of halogens is 3. The van der Waals surface area contributed by atoms with Gasteiger partial charge in [0.05, 0.1) is 5.56 Å². The minimum atomic E-state index is -4.25. The van der Waals surface area contributed by atoms with Crippen molar-refractivity contribution in [1.82, 2.24) is 4.90 Å². The zero-order valence-corrected chi connectivity index (χ0v) is 10.2. The molecule has 0 spiro atoms. The van der Waals surface area contributed by atoms with Gasteiger partial charge in [0, 0.05) is 18.6 Å². The Balaban J connectivity index is 2.29. The Kier molecular flexibility index (Phi) is 2.73. The Morgan fingerprint density at radius 1 is 1.00 bits per heavy atom. The topological polar surface area (TPSA) is 3.24 Å². The molecule has 0 fully saturated rings. The molecule has 0 aliphatic carbocycles. The van der Waals surface area contributed by atoms with Crippen LogP contribution >= 0.6 is 0 Å². The van der Waals surface area contributed by atoms with Gasteiger partial charge < -0.3 is 0 Å². The highest BCUT2D eigenvalue weighted by atomic mass is 19.4. The van der Waals surface area contributed by atoms with Crippen LogP contribution in [0.2, 0.25) is 0 Å². The first-order valence-corrected chi connectivity index (χ1v) is 5.62. The SMILES string of the molecule is CC(C)(C)N1Cc2ccc(C(F)(F)F)cc2C1. The molecule has 1 aliphatic heterocycles. The number of hydrogen-bond donors (Lipinski definition) is 0. The summed E-state index contributed by atoms with van der Waals surface area (Å²) in [5, 5.41) is 0. The van der Waals surface area contributed by atoms with Gasteiger partial charge in [-0.15, -0.1) is 0 Å². The van der Waals surface area contributed by atoms with E-state index >= 15 is 0 Å². The first-order valence-electron chi connectivity index (χ1n) is 5.62. The van der Waals surface area contributed by atoms with Gasteiger partial charge in [0.25, 0.3) is 0 Å². The maximum Gasteiger partial charge on any atom is 0.416 e. The zero-order valence-electron chi connectivity index (χ0n) is 10.2. The molecule has 0 radical (unpaired) electrons. The summed E-state index contributed by atoms with van der Waals surface area (Å²) in [7, 11) is 0. The second kappa shape index (κ2) is 3.73. The van der Waals surface area contributed by atoms with E-state index in [1.165, 1.54) is 12.1 Å². The third-order valence-corrected chi connectivity index (χ3v) is 3.20. The monoisotopic (exact) mass is 243 g/mol. The lowest BCUT2D eigenvalue weighted by molar-refractivity contribution is -0.137. The largest absolute Gasteiger partial charge is 0.416 e. The van der Waals surface area contributed by atoms with Crippen molar-refractivity contribution in [1.29, 1.82) is 0 Å². The van der Waals surface area contributed by atoms with E-state index in [1.54, 1.807) is 6.07 Å². The Morgan fingerprint density at radius 2 is 1.59 bits per heavy atom. The first-order chi connectivity index (χ1) is 7.68. The van der Waals surface area contributed by atoms with E-state index in [4.69, 9.17) is 0 Å². The van der Waals surface area contributed by atoms with Crippen LogP contribution in [0.3, 0.4) is 0 Å². The van der Waals surface area contributed by atoms with Gasteiger partial charge in [-0.2, -0.15) is 13.2 Å². The van der Waals surface area contributed by atoms with Crippen molar-refractivity contribution in [2.45, 2.75) is 45.6 Å². The Labute approximate surface area is 99.2 Å². The maximum atomic E-state index is 12.6. The molecule has 1 aromatic rings. The van der Waals surface area contributed by atoms with Crippen LogP contribution in [0.15, 0.2) is 18.2 Å². The number of benzene rings is 1. The lowest BCUT2D eigenvalue weighted by Crippen LogP contribution is -2.36. The van der Waals surface area contributed by atoms with E-state index in [1.807, 2.05) is 0 Å². The van der Waals surface area contributed by atoms with Crippen LogP contribution in [0, 0.1) is 0 Å². The van der Waals surface area contributed by atoms with Crippen LogP contribution < -0.4 is 0 Å². The molecule has 0 bridgehead atoms. The predicted octanol–water partition coefficient (Wildman–Crippen LogP) is 3.82. The molecule has 0 atom stereocenters. The molecule has 0 N–H and O–H groups in total. The van der Waals surface area contributed by atoms with Gasteiger partial charge in [-0.1, -0.05) is 6.07 Å². The summed E-state index contributed by atoms with van der Waals surface area (Å²) >= 11 is 0. The highest BCUT2D eigenvalue weighted by molar-refractivity contribution is 5.36. The number of alkyl halides is 3. The lowest BCUT2D eigenvalue weighted by Gasteiger charge is -2.31. The molecule has 1 nitrogen and oxygen atoms in total. The molecular formula is C13H16F3N. The van der Waals surface area contributed by atoms with Crippen molar-refractivity contribution < 1.29 is 13.2 Å². The summed E-state index contributed by atoms with van der Waals surface area (Å²) in [6.07, 6.45) is -4.25. The van der Waals surface area contributed by atoms with Crippen molar-refractivity contribution in [2.75, 3.05) is 0 Å². The minimum absolute atomic E-state index is 0.0165. The number of hydrogen-bond acceptors (Lipinski definition) is 1. The van der Waals surface area contributed by atoms with E-state index in [0.29, 0.717) is 6.54 Å². The van der Waals surface area contributed by atoms with Gasteiger partial charge >= 0.3 is 6.18 Å². The van der Waals surface area contributed by atoms with Gasteiger partial charge in [0.1, 0.15) is 0 Å². The van der Waals surface area contributed by atoms with Gasteiger partial charge in [-0.3, -0.25) is 4.90 Å². The Hall–Kier alpha value is -1.03. The second-order valence-electron chi connectivity index (χ2n) is 5.51. The number of rotatable bonds is 0. The van der Waals surface area contributed by atoms with Crippen LogP contribution in [-0.2, 0) is 19.3 Å². The summed E-state index contributed by atoms with van der Waals surface area (Å²) in [5.74, 6) is 0. The van der Waals surface area contributed by atoms with E-state index < -0.39 is 11.7 Å².